The van der Waals surface area contributed by atoms with E-state index in [0.29, 0.717) is 18.5 Å². The maximum absolute atomic E-state index is 5.35. The molecule has 1 aliphatic rings. The van der Waals surface area contributed by atoms with Gasteiger partial charge in [-0.1, -0.05) is 18.2 Å². The van der Waals surface area contributed by atoms with Crippen molar-refractivity contribution < 1.29 is 4.42 Å². The molecule has 0 saturated carbocycles. The molecule has 0 fully saturated rings. The van der Waals surface area contributed by atoms with Crippen molar-refractivity contribution in [1.29, 1.82) is 0 Å². The van der Waals surface area contributed by atoms with Crippen LogP contribution in [0.3, 0.4) is 0 Å². The van der Waals surface area contributed by atoms with Gasteiger partial charge in [0.2, 0.25) is 5.95 Å². The summed E-state index contributed by atoms with van der Waals surface area (Å²) in [6, 6.07) is 14.8. The number of anilines is 3. The summed E-state index contributed by atoms with van der Waals surface area (Å²) in [4.78, 5) is 11.5. The van der Waals surface area contributed by atoms with Gasteiger partial charge in [-0.2, -0.15) is 4.98 Å². The van der Waals surface area contributed by atoms with E-state index in [1.54, 1.807) is 6.26 Å². The fraction of sp³-hybridized carbons (Fsp3) is 0.263. The van der Waals surface area contributed by atoms with Crippen LogP contribution in [0, 0.1) is 6.92 Å². The number of rotatable bonds is 4. The third-order valence-corrected chi connectivity index (χ3v) is 4.30. The fourth-order valence-corrected chi connectivity index (χ4v) is 3.25. The van der Waals surface area contributed by atoms with E-state index in [2.05, 4.69) is 46.4 Å². The quantitative estimate of drug-likeness (QED) is 0.785. The standard InChI is InChI=1S/C19H20N4O/c1-13-10-18(22-19(21-13)20-12-16-7-5-9-24-16)23-14(2)11-15-6-3-4-8-17(15)23/h3-10,14H,11-12H2,1-2H3,(H,20,21,22). The van der Waals surface area contributed by atoms with Crippen molar-refractivity contribution in [3.8, 4) is 0 Å². The first-order valence-corrected chi connectivity index (χ1v) is 8.20. The Kier molecular flexibility index (Phi) is 3.69. The van der Waals surface area contributed by atoms with Gasteiger partial charge in [0, 0.05) is 23.5 Å². The van der Waals surface area contributed by atoms with E-state index in [1.807, 2.05) is 25.1 Å². The summed E-state index contributed by atoms with van der Waals surface area (Å²) in [5.74, 6) is 2.42. The van der Waals surface area contributed by atoms with E-state index < -0.39 is 0 Å². The Bertz CT molecular complexity index is 844. The topological polar surface area (TPSA) is 54.2 Å². The lowest BCUT2D eigenvalue weighted by molar-refractivity contribution is 0.517. The van der Waals surface area contributed by atoms with Crippen LogP contribution in [-0.2, 0) is 13.0 Å². The molecule has 5 nitrogen and oxygen atoms in total. The average molecular weight is 320 g/mol. The van der Waals surface area contributed by atoms with Crippen molar-refractivity contribution in [2.24, 2.45) is 0 Å². The second-order valence-electron chi connectivity index (χ2n) is 6.18. The molecule has 0 radical (unpaired) electrons. The van der Waals surface area contributed by atoms with Crippen LogP contribution in [0.4, 0.5) is 17.5 Å². The number of fused-ring (bicyclic) bond motifs is 1. The van der Waals surface area contributed by atoms with Crippen molar-refractivity contribution in [2.45, 2.75) is 32.9 Å². The Morgan fingerprint density at radius 3 is 2.92 bits per heavy atom. The first-order valence-electron chi connectivity index (χ1n) is 8.20. The molecule has 122 valence electrons. The summed E-state index contributed by atoms with van der Waals surface area (Å²) in [6.07, 6.45) is 2.71. The second-order valence-corrected chi connectivity index (χ2v) is 6.18. The van der Waals surface area contributed by atoms with Crippen LogP contribution in [0.1, 0.15) is 23.9 Å². The lowest BCUT2D eigenvalue weighted by Gasteiger charge is -2.24. The average Bonchev–Trinajstić information content (AvgIpc) is 3.18. The monoisotopic (exact) mass is 320 g/mol. The normalized spacial score (nSPS) is 16.2. The molecular weight excluding hydrogens is 300 g/mol. The van der Waals surface area contributed by atoms with Gasteiger partial charge in [0.25, 0.3) is 0 Å². The van der Waals surface area contributed by atoms with Gasteiger partial charge in [-0.25, -0.2) is 4.98 Å². The van der Waals surface area contributed by atoms with Crippen molar-refractivity contribution in [1.82, 2.24) is 9.97 Å². The molecule has 1 atom stereocenters. The maximum Gasteiger partial charge on any atom is 0.225 e. The van der Waals surface area contributed by atoms with Crippen molar-refractivity contribution in [3.63, 3.8) is 0 Å². The summed E-state index contributed by atoms with van der Waals surface area (Å²) in [7, 11) is 0. The Morgan fingerprint density at radius 1 is 1.21 bits per heavy atom. The molecule has 0 spiro atoms. The van der Waals surface area contributed by atoms with Crippen LogP contribution in [-0.4, -0.2) is 16.0 Å². The molecule has 2 aromatic heterocycles. The maximum atomic E-state index is 5.35. The number of benzene rings is 1. The van der Waals surface area contributed by atoms with Crippen LogP contribution in [0.2, 0.25) is 0 Å². The van der Waals surface area contributed by atoms with Gasteiger partial charge in [-0.05, 0) is 44.0 Å². The molecule has 0 bridgehead atoms. The molecule has 1 unspecified atom stereocenters. The zero-order chi connectivity index (χ0) is 16.5. The molecule has 5 heteroatoms. The van der Waals surface area contributed by atoms with Crippen molar-refractivity contribution in [3.05, 3.63) is 65.7 Å². The third-order valence-electron chi connectivity index (χ3n) is 4.30. The predicted octanol–water partition coefficient (Wildman–Crippen LogP) is 4.07. The van der Waals surface area contributed by atoms with Crippen LogP contribution in [0.5, 0.6) is 0 Å². The molecule has 0 aliphatic carbocycles. The van der Waals surface area contributed by atoms with Gasteiger partial charge in [-0.15, -0.1) is 0 Å². The highest BCUT2D eigenvalue weighted by molar-refractivity contribution is 5.69. The number of aryl methyl sites for hydroxylation is 1. The predicted molar refractivity (Wildman–Crippen MR) is 94.6 cm³/mol. The van der Waals surface area contributed by atoms with E-state index in [9.17, 15) is 0 Å². The number of nitrogens with one attached hydrogen (secondary N) is 1. The number of aromatic nitrogens is 2. The van der Waals surface area contributed by atoms with E-state index in [-0.39, 0.29) is 0 Å². The highest BCUT2D eigenvalue weighted by Crippen LogP contribution is 2.37. The smallest absolute Gasteiger partial charge is 0.225 e. The lowest BCUT2D eigenvalue weighted by atomic mass is 10.1. The summed E-state index contributed by atoms with van der Waals surface area (Å²) in [5.41, 5.74) is 3.55. The highest BCUT2D eigenvalue weighted by atomic mass is 16.3. The molecule has 1 N–H and O–H groups in total. The minimum absolute atomic E-state index is 0.384. The Labute approximate surface area is 141 Å². The van der Waals surface area contributed by atoms with Gasteiger partial charge < -0.3 is 14.6 Å². The SMILES string of the molecule is Cc1cc(N2c3ccccc3CC2C)nc(NCc2ccco2)n1. The highest BCUT2D eigenvalue weighted by Gasteiger charge is 2.28. The fourth-order valence-electron chi connectivity index (χ4n) is 3.25. The summed E-state index contributed by atoms with van der Waals surface area (Å²) >= 11 is 0. The first kappa shape index (κ1) is 14.8. The largest absolute Gasteiger partial charge is 0.467 e. The number of furan rings is 1. The zero-order valence-electron chi connectivity index (χ0n) is 13.9. The Morgan fingerprint density at radius 2 is 2.08 bits per heavy atom. The Balaban J connectivity index is 1.64. The molecule has 4 rings (SSSR count). The number of nitrogens with zero attached hydrogens (tertiary/aromatic N) is 3. The molecule has 1 aromatic carbocycles. The van der Waals surface area contributed by atoms with Crippen molar-refractivity contribution in [2.75, 3.05) is 10.2 Å². The lowest BCUT2D eigenvalue weighted by Crippen LogP contribution is -2.25. The molecule has 1 aliphatic heterocycles. The van der Waals surface area contributed by atoms with Crippen LogP contribution < -0.4 is 10.2 Å². The summed E-state index contributed by atoms with van der Waals surface area (Å²) < 4.78 is 5.35. The van der Waals surface area contributed by atoms with Gasteiger partial charge in [-0.3, -0.25) is 0 Å². The van der Waals surface area contributed by atoms with Crippen molar-refractivity contribution >= 4 is 17.5 Å². The van der Waals surface area contributed by atoms with Crippen LogP contribution >= 0.6 is 0 Å². The van der Waals surface area contributed by atoms with E-state index >= 15 is 0 Å². The molecule has 3 heterocycles. The second kappa shape index (κ2) is 6.00. The molecule has 0 saturated heterocycles. The van der Waals surface area contributed by atoms with Crippen LogP contribution in [0.15, 0.2) is 53.1 Å². The molecule has 0 amide bonds. The Hall–Kier alpha value is -2.82. The van der Waals surface area contributed by atoms with Gasteiger partial charge in [0.05, 0.1) is 12.8 Å². The van der Waals surface area contributed by atoms with Crippen LogP contribution in [0.25, 0.3) is 0 Å². The number of hydrogen-bond donors (Lipinski definition) is 1. The van der Waals surface area contributed by atoms with E-state index in [0.717, 1.165) is 23.7 Å². The van der Waals surface area contributed by atoms with Gasteiger partial charge >= 0.3 is 0 Å². The zero-order valence-corrected chi connectivity index (χ0v) is 13.9. The summed E-state index contributed by atoms with van der Waals surface area (Å²) in [6.45, 7) is 4.80. The molecular formula is C19H20N4O. The molecule has 3 aromatic rings. The minimum atomic E-state index is 0.384. The first-order chi connectivity index (χ1) is 11.7. The van der Waals surface area contributed by atoms with Gasteiger partial charge in [0.1, 0.15) is 11.6 Å². The third kappa shape index (κ3) is 2.73. The van der Waals surface area contributed by atoms with E-state index in [1.165, 1.54) is 11.3 Å². The van der Waals surface area contributed by atoms with E-state index in [4.69, 9.17) is 9.40 Å². The number of para-hydroxylation sites is 1. The summed E-state index contributed by atoms with van der Waals surface area (Å²) in [5, 5.41) is 3.25. The molecule has 24 heavy (non-hydrogen) atoms. The number of hydrogen-bond acceptors (Lipinski definition) is 5. The minimum Gasteiger partial charge on any atom is -0.467 e. The van der Waals surface area contributed by atoms with Gasteiger partial charge in [0.15, 0.2) is 0 Å².